The van der Waals surface area contributed by atoms with E-state index < -0.39 is 10.0 Å². The van der Waals surface area contributed by atoms with E-state index in [1.165, 1.54) is 0 Å². The first-order chi connectivity index (χ1) is 12.2. The van der Waals surface area contributed by atoms with Gasteiger partial charge in [0.25, 0.3) is 10.0 Å². The predicted octanol–water partition coefficient (Wildman–Crippen LogP) is 3.02. The van der Waals surface area contributed by atoms with E-state index in [-0.39, 0.29) is 17.2 Å². The quantitative estimate of drug-likeness (QED) is 0.873. The average Bonchev–Trinajstić information content (AvgIpc) is 2.84. The number of hydrogen-bond acceptors (Lipinski definition) is 4. The number of benzene rings is 2. The Labute approximate surface area is 153 Å². The number of anilines is 2. The molecule has 138 valence electrons. The molecule has 1 heterocycles. The normalized spacial score (nSPS) is 13.7. The van der Waals surface area contributed by atoms with Gasteiger partial charge in [-0.3, -0.25) is 9.52 Å². The SMILES string of the molecule is CCOc1c(C)cc(S(=O)(=O)Nc2ccc3c(c2)CC(=O)N3C)cc1C. The number of sulfonamides is 1. The van der Waals surface area contributed by atoms with Crippen LogP contribution in [0.2, 0.25) is 0 Å². The third-order valence-corrected chi connectivity index (χ3v) is 5.80. The van der Waals surface area contributed by atoms with E-state index in [0.29, 0.717) is 18.0 Å². The van der Waals surface area contributed by atoms with Gasteiger partial charge < -0.3 is 9.64 Å². The summed E-state index contributed by atoms with van der Waals surface area (Å²) in [7, 11) is -2.03. The zero-order chi connectivity index (χ0) is 19.1. The first-order valence-corrected chi connectivity index (χ1v) is 9.87. The van der Waals surface area contributed by atoms with Gasteiger partial charge in [0.05, 0.1) is 17.9 Å². The van der Waals surface area contributed by atoms with Gasteiger partial charge in [-0.2, -0.15) is 0 Å². The lowest BCUT2D eigenvalue weighted by molar-refractivity contribution is -0.117. The number of likely N-dealkylation sites (N-methyl/N-ethyl adjacent to an activating group) is 1. The maximum Gasteiger partial charge on any atom is 0.261 e. The van der Waals surface area contributed by atoms with Crippen LogP contribution in [-0.4, -0.2) is 28.0 Å². The second-order valence-electron chi connectivity index (χ2n) is 6.40. The highest BCUT2D eigenvalue weighted by molar-refractivity contribution is 7.92. The first kappa shape index (κ1) is 18.3. The van der Waals surface area contributed by atoms with Gasteiger partial charge in [-0.1, -0.05) is 0 Å². The molecule has 0 fully saturated rings. The molecule has 0 spiro atoms. The van der Waals surface area contributed by atoms with Gasteiger partial charge in [0, 0.05) is 18.4 Å². The van der Waals surface area contributed by atoms with Crippen LogP contribution in [0.25, 0.3) is 0 Å². The van der Waals surface area contributed by atoms with Crippen molar-refractivity contribution in [3.8, 4) is 5.75 Å². The molecule has 0 aromatic heterocycles. The third-order valence-electron chi connectivity index (χ3n) is 4.44. The molecule has 0 unspecified atom stereocenters. The second kappa shape index (κ2) is 6.64. The molecule has 1 amide bonds. The Morgan fingerprint density at radius 3 is 2.42 bits per heavy atom. The molecule has 0 aliphatic carbocycles. The Morgan fingerprint density at radius 2 is 1.81 bits per heavy atom. The van der Waals surface area contributed by atoms with Crippen LogP contribution >= 0.6 is 0 Å². The van der Waals surface area contributed by atoms with Crippen molar-refractivity contribution in [1.29, 1.82) is 0 Å². The molecular weight excluding hydrogens is 352 g/mol. The number of carbonyl (C=O) groups is 1. The van der Waals surface area contributed by atoms with E-state index in [1.807, 2.05) is 20.8 Å². The van der Waals surface area contributed by atoms with Crippen LogP contribution in [0.5, 0.6) is 5.75 Å². The van der Waals surface area contributed by atoms with Crippen LogP contribution in [0.4, 0.5) is 11.4 Å². The van der Waals surface area contributed by atoms with Crippen LogP contribution in [-0.2, 0) is 21.2 Å². The van der Waals surface area contributed by atoms with Gasteiger partial charge in [0.1, 0.15) is 5.75 Å². The van der Waals surface area contributed by atoms with Crippen molar-refractivity contribution in [2.75, 3.05) is 23.3 Å². The summed E-state index contributed by atoms with van der Waals surface area (Å²) >= 11 is 0. The van der Waals surface area contributed by atoms with Crippen LogP contribution in [0.3, 0.4) is 0 Å². The number of carbonyl (C=O) groups excluding carboxylic acids is 1. The number of aryl methyl sites for hydroxylation is 2. The van der Waals surface area contributed by atoms with E-state index >= 15 is 0 Å². The fourth-order valence-electron chi connectivity index (χ4n) is 3.19. The standard InChI is InChI=1S/C19H22N2O4S/c1-5-25-19-12(2)8-16(9-13(19)3)26(23,24)20-15-6-7-17-14(10-15)11-18(22)21(17)4/h6-10,20H,5,11H2,1-4H3. The van der Waals surface area contributed by atoms with Crippen molar-refractivity contribution in [1.82, 2.24) is 0 Å². The molecule has 0 saturated carbocycles. The van der Waals surface area contributed by atoms with Gasteiger partial charge in [0.15, 0.2) is 0 Å². The second-order valence-corrected chi connectivity index (χ2v) is 8.08. The summed E-state index contributed by atoms with van der Waals surface area (Å²) in [6, 6.07) is 8.34. The zero-order valence-electron chi connectivity index (χ0n) is 15.3. The van der Waals surface area contributed by atoms with Crippen molar-refractivity contribution < 1.29 is 17.9 Å². The van der Waals surface area contributed by atoms with E-state index in [9.17, 15) is 13.2 Å². The van der Waals surface area contributed by atoms with Crippen LogP contribution in [0.15, 0.2) is 35.2 Å². The molecule has 3 rings (SSSR count). The summed E-state index contributed by atoms with van der Waals surface area (Å²) in [6.07, 6.45) is 0.280. The summed E-state index contributed by atoms with van der Waals surface area (Å²) in [5, 5.41) is 0. The zero-order valence-corrected chi connectivity index (χ0v) is 16.1. The lowest BCUT2D eigenvalue weighted by atomic mass is 10.1. The highest BCUT2D eigenvalue weighted by atomic mass is 32.2. The molecule has 26 heavy (non-hydrogen) atoms. The van der Waals surface area contributed by atoms with Gasteiger partial charge in [-0.15, -0.1) is 0 Å². The number of fused-ring (bicyclic) bond motifs is 1. The summed E-state index contributed by atoms with van der Waals surface area (Å²) in [5.74, 6) is 0.711. The Balaban J connectivity index is 1.91. The van der Waals surface area contributed by atoms with Gasteiger partial charge in [-0.05, 0) is 67.8 Å². The Morgan fingerprint density at radius 1 is 1.15 bits per heavy atom. The smallest absolute Gasteiger partial charge is 0.261 e. The Kier molecular flexibility index (Phi) is 4.66. The Hall–Kier alpha value is -2.54. The number of hydrogen-bond donors (Lipinski definition) is 1. The van der Waals surface area contributed by atoms with Crippen molar-refractivity contribution >= 4 is 27.3 Å². The largest absolute Gasteiger partial charge is 0.493 e. The number of rotatable bonds is 5. The summed E-state index contributed by atoms with van der Waals surface area (Å²) in [4.78, 5) is 13.5. The first-order valence-electron chi connectivity index (χ1n) is 8.39. The maximum absolute atomic E-state index is 12.8. The topological polar surface area (TPSA) is 75.7 Å². The van der Waals surface area contributed by atoms with Gasteiger partial charge in [-0.25, -0.2) is 8.42 Å². The lowest BCUT2D eigenvalue weighted by Crippen LogP contribution is -2.20. The number of ether oxygens (including phenoxy) is 1. The minimum atomic E-state index is -3.74. The number of amides is 1. The van der Waals surface area contributed by atoms with Crippen LogP contribution < -0.4 is 14.4 Å². The molecular formula is C19H22N2O4S. The van der Waals surface area contributed by atoms with Crippen LogP contribution in [0, 0.1) is 13.8 Å². The van der Waals surface area contributed by atoms with E-state index in [2.05, 4.69) is 4.72 Å². The molecule has 6 nitrogen and oxygen atoms in total. The molecule has 2 aromatic rings. The summed E-state index contributed by atoms with van der Waals surface area (Å²) < 4.78 is 33.7. The average molecular weight is 374 g/mol. The van der Waals surface area contributed by atoms with Gasteiger partial charge >= 0.3 is 0 Å². The molecule has 0 atom stereocenters. The number of nitrogens with zero attached hydrogens (tertiary/aromatic N) is 1. The monoisotopic (exact) mass is 374 g/mol. The van der Waals surface area contributed by atoms with Crippen molar-refractivity contribution in [2.24, 2.45) is 0 Å². The fraction of sp³-hybridized carbons (Fsp3) is 0.316. The van der Waals surface area contributed by atoms with E-state index in [1.54, 1.807) is 42.3 Å². The van der Waals surface area contributed by atoms with Crippen molar-refractivity contribution in [3.63, 3.8) is 0 Å². The molecule has 0 saturated heterocycles. The maximum atomic E-state index is 12.8. The number of nitrogens with one attached hydrogen (secondary N) is 1. The van der Waals surface area contributed by atoms with Crippen molar-refractivity contribution in [2.45, 2.75) is 32.1 Å². The molecule has 0 bridgehead atoms. The highest BCUT2D eigenvalue weighted by Crippen LogP contribution is 2.32. The molecule has 0 radical (unpaired) electrons. The predicted molar refractivity (Wildman–Crippen MR) is 101 cm³/mol. The fourth-order valence-corrected chi connectivity index (χ4v) is 4.40. The van der Waals surface area contributed by atoms with E-state index in [0.717, 1.165) is 22.4 Å². The third kappa shape index (κ3) is 3.26. The van der Waals surface area contributed by atoms with Crippen molar-refractivity contribution in [3.05, 3.63) is 47.0 Å². The minimum Gasteiger partial charge on any atom is -0.493 e. The summed E-state index contributed by atoms with van der Waals surface area (Å²) in [6.45, 7) is 6.07. The van der Waals surface area contributed by atoms with Gasteiger partial charge in [0.2, 0.25) is 5.91 Å². The lowest BCUT2D eigenvalue weighted by Gasteiger charge is -2.15. The van der Waals surface area contributed by atoms with E-state index in [4.69, 9.17) is 4.74 Å². The summed E-state index contributed by atoms with van der Waals surface area (Å²) in [5.41, 5.74) is 3.61. The van der Waals surface area contributed by atoms with Crippen LogP contribution in [0.1, 0.15) is 23.6 Å². The molecule has 1 N–H and O–H groups in total. The molecule has 7 heteroatoms. The molecule has 1 aliphatic rings. The Bertz CT molecular complexity index is 960. The highest BCUT2D eigenvalue weighted by Gasteiger charge is 2.25. The molecule has 1 aliphatic heterocycles. The molecule has 2 aromatic carbocycles. The minimum absolute atomic E-state index is 0.00207.